The van der Waals surface area contributed by atoms with Gasteiger partial charge in [-0.25, -0.2) is 24.0 Å². The van der Waals surface area contributed by atoms with Crippen LogP contribution in [0.1, 0.15) is 86.7 Å². The van der Waals surface area contributed by atoms with Gasteiger partial charge in [-0.1, -0.05) is 13.2 Å². The van der Waals surface area contributed by atoms with Gasteiger partial charge in [0.2, 0.25) is 0 Å². The van der Waals surface area contributed by atoms with E-state index in [0.717, 1.165) is 9.13 Å². The Balaban J connectivity index is 3.77. The molecule has 0 aliphatic heterocycles. The lowest BCUT2D eigenvalue weighted by Crippen LogP contribution is -2.54. The van der Waals surface area contributed by atoms with Crippen molar-refractivity contribution in [2.75, 3.05) is 0 Å². The second-order valence-electron chi connectivity index (χ2n) is 11.8. The Bertz CT molecular complexity index is 1160. The fraction of sp³-hybridized carbons (Fsp3) is 0.593. The van der Waals surface area contributed by atoms with Gasteiger partial charge in [-0.3, -0.25) is 9.13 Å². The van der Waals surface area contributed by atoms with Gasteiger partial charge in [0.25, 0.3) is 0 Å². The monoisotopic (exact) mass is 551 g/mol. The predicted octanol–water partition coefficient (Wildman–Crippen LogP) is 4.46. The van der Waals surface area contributed by atoms with Crippen LogP contribution < -0.4 is 5.69 Å². The van der Waals surface area contributed by atoms with E-state index in [9.17, 15) is 29.1 Å². The molecule has 12 heteroatoms. The maximum atomic E-state index is 13.6. The van der Waals surface area contributed by atoms with Crippen molar-refractivity contribution >= 4 is 36.3 Å². The second kappa shape index (κ2) is 11.9. The smallest absolute Gasteiger partial charge is 0.420 e. The maximum Gasteiger partial charge on any atom is 0.420 e. The average Bonchev–Trinajstić information content (AvgIpc) is 2.99. The summed E-state index contributed by atoms with van der Waals surface area (Å²) in [6.45, 7) is 22.4. The number of imide groups is 1. The summed E-state index contributed by atoms with van der Waals surface area (Å²) in [5.74, 6) is -2.32. The van der Waals surface area contributed by atoms with E-state index in [1.807, 2.05) is 0 Å². The third-order valence-corrected chi connectivity index (χ3v) is 4.90. The first-order valence-electron chi connectivity index (χ1n) is 12.4. The molecular weight excluding hydrogens is 510 g/mol. The zero-order chi connectivity index (χ0) is 30.7. The van der Waals surface area contributed by atoms with Gasteiger partial charge in [0, 0.05) is 0 Å². The second-order valence-corrected chi connectivity index (χ2v) is 11.8. The Hall–Kier alpha value is -3.83. The molecule has 218 valence electrons. The van der Waals surface area contributed by atoms with Gasteiger partial charge in [-0.2, -0.15) is 4.90 Å². The Morgan fingerprint density at radius 2 is 1.26 bits per heavy atom. The molecular formula is C27H41N3O9. The van der Waals surface area contributed by atoms with Crippen LogP contribution in [0, 0.1) is 0 Å². The number of ether oxygens (including phenoxy) is 3. The minimum Gasteiger partial charge on any atom is -0.480 e. The molecule has 39 heavy (non-hydrogen) atoms. The molecule has 12 nitrogen and oxygen atoms in total. The highest BCUT2D eigenvalue weighted by molar-refractivity contribution is 5.93. The highest BCUT2D eigenvalue weighted by atomic mass is 16.6. The maximum absolute atomic E-state index is 13.6. The van der Waals surface area contributed by atoms with Crippen LogP contribution in [0.25, 0.3) is 12.2 Å². The lowest BCUT2D eigenvalue weighted by Gasteiger charge is -2.31. The average molecular weight is 552 g/mol. The van der Waals surface area contributed by atoms with Crippen molar-refractivity contribution in [3.8, 4) is 0 Å². The van der Waals surface area contributed by atoms with Crippen LogP contribution in [0.15, 0.2) is 18.0 Å². The number of aliphatic carboxylic acids is 1. The first-order valence-corrected chi connectivity index (χ1v) is 12.4. The standard InChI is InChI=1S/C27H41N3O9/c1-13-17-18(14-2)29(16(3)21(33)37-25(4,5)6)22(34)28(17)15-19(20(31)32)30(23(35)38-26(7,8)9)24(36)39-27(10,11)12/h13-14,16,19H,1-2,15H2,3-12H3,(H,31,32). The molecule has 1 aromatic heterocycles. The fourth-order valence-corrected chi connectivity index (χ4v) is 3.45. The minimum atomic E-state index is -1.93. The van der Waals surface area contributed by atoms with Gasteiger partial charge in [0.05, 0.1) is 17.9 Å². The molecule has 0 aromatic carbocycles. The quantitative estimate of drug-likeness (QED) is 0.365. The molecule has 1 heterocycles. The zero-order valence-electron chi connectivity index (χ0n) is 24.5. The number of amides is 2. The number of carboxylic acids is 1. The molecule has 0 bridgehead atoms. The van der Waals surface area contributed by atoms with Crippen LogP contribution in [0.2, 0.25) is 0 Å². The molecule has 2 atom stereocenters. The molecule has 0 fully saturated rings. The number of carbonyl (C=O) groups is 4. The summed E-state index contributed by atoms with van der Waals surface area (Å²) in [4.78, 5) is 65.3. The number of hydrogen-bond acceptors (Lipinski definition) is 8. The predicted molar refractivity (Wildman–Crippen MR) is 145 cm³/mol. The lowest BCUT2D eigenvalue weighted by atomic mass is 10.2. The summed E-state index contributed by atoms with van der Waals surface area (Å²) in [5, 5.41) is 10.1. The fourth-order valence-electron chi connectivity index (χ4n) is 3.45. The Kier molecular flexibility index (Phi) is 10.1. The van der Waals surface area contributed by atoms with E-state index in [1.54, 1.807) is 62.3 Å². The van der Waals surface area contributed by atoms with Gasteiger partial charge in [-0.15, -0.1) is 0 Å². The largest absolute Gasteiger partial charge is 0.480 e. The molecule has 0 aliphatic rings. The van der Waals surface area contributed by atoms with Gasteiger partial charge in [-0.05, 0) is 81.4 Å². The topological polar surface area (TPSA) is 146 Å². The van der Waals surface area contributed by atoms with Crippen molar-refractivity contribution < 1.29 is 38.5 Å². The van der Waals surface area contributed by atoms with Crippen molar-refractivity contribution in [3.63, 3.8) is 0 Å². The molecule has 1 rings (SSSR count). The summed E-state index contributed by atoms with van der Waals surface area (Å²) in [5.41, 5.74) is -3.51. The molecule has 2 unspecified atom stereocenters. The summed E-state index contributed by atoms with van der Waals surface area (Å²) < 4.78 is 18.1. The van der Waals surface area contributed by atoms with Gasteiger partial charge in [0.15, 0.2) is 6.04 Å². The number of aromatic nitrogens is 2. The summed E-state index contributed by atoms with van der Waals surface area (Å²) in [7, 11) is 0. The van der Waals surface area contributed by atoms with Gasteiger partial charge in [0.1, 0.15) is 22.8 Å². The van der Waals surface area contributed by atoms with E-state index in [2.05, 4.69) is 13.2 Å². The van der Waals surface area contributed by atoms with Crippen LogP contribution in [-0.2, 0) is 30.3 Å². The minimum absolute atomic E-state index is 0.116. The number of nitrogens with zero attached hydrogens (tertiary/aromatic N) is 3. The van der Waals surface area contributed by atoms with Crippen molar-refractivity contribution in [1.82, 2.24) is 14.0 Å². The number of esters is 1. The third kappa shape index (κ3) is 8.86. The number of rotatable bonds is 8. The van der Waals surface area contributed by atoms with Crippen LogP contribution in [0.4, 0.5) is 9.59 Å². The van der Waals surface area contributed by atoms with Crippen LogP contribution in [0.3, 0.4) is 0 Å². The molecule has 2 amide bonds. The van der Waals surface area contributed by atoms with E-state index < -0.39 is 65.2 Å². The molecule has 1 N–H and O–H groups in total. The summed E-state index contributed by atoms with van der Waals surface area (Å²) >= 11 is 0. The third-order valence-electron chi connectivity index (χ3n) is 4.90. The summed E-state index contributed by atoms with van der Waals surface area (Å²) in [6, 6.07) is -3.06. The Morgan fingerprint density at radius 3 is 1.59 bits per heavy atom. The number of hydrogen-bond donors (Lipinski definition) is 1. The summed E-state index contributed by atoms with van der Waals surface area (Å²) in [6.07, 6.45) is 0.0390. The van der Waals surface area contributed by atoms with Crippen molar-refractivity contribution in [3.05, 3.63) is 35.0 Å². The molecule has 1 aromatic rings. The van der Waals surface area contributed by atoms with E-state index in [-0.39, 0.29) is 11.4 Å². The van der Waals surface area contributed by atoms with E-state index >= 15 is 0 Å². The van der Waals surface area contributed by atoms with E-state index in [4.69, 9.17) is 14.2 Å². The molecule has 0 saturated heterocycles. The number of imidazole rings is 1. The highest BCUT2D eigenvalue weighted by Gasteiger charge is 2.42. The normalized spacial score (nSPS) is 13.6. The Labute approximate surface area is 228 Å². The van der Waals surface area contributed by atoms with Crippen molar-refractivity contribution in [1.29, 1.82) is 0 Å². The lowest BCUT2D eigenvalue weighted by molar-refractivity contribution is -0.158. The molecule has 0 spiro atoms. The van der Waals surface area contributed by atoms with Crippen LogP contribution >= 0.6 is 0 Å². The number of carbonyl (C=O) groups excluding carboxylic acids is 3. The van der Waals surface area contributed by atoms with Crippen molar-refractivity contribution in [2.45, 2.75) is 105 Å². The number of carboxylic acid groups (broad SMARTS) is 1. The highest BCUT2D eigenvalue weighted by Crippen LogP contribution is 2.22. The molecule has 0 aliphatic carbocycles. The van der Waals surface area contributed by atoms with E-state index in [1.165, 1.54) is 19.1 Å². The van der Waals surface area contributed by atoms with Crippen LogP contribution in [-0.4, -0.2) is 66.1 Å². The molecule has 0 saturated carbocycles. The zero-order valence-corrected chi connectivity index (χ0v) is 24.5. The van der Waals surface area contributed by atoms with Crippen LogP contribution in [0.5, 0.6) is 0 Å². The Morgan fingerprint density at radius 1 is 0.846 bits per heavy atom. The first-order chi connectivity index (χ1) is 17.5. The molecule has 0 radical (unpaired) electrons. The van der Waals surface area contributed by atoms with Crippen molar-refractivity contribution in [2.24, 2.45) is 0 Å². The SMILES string of the molecule is C=Cc1c(C=C)n(C(C)C(=O)OC(C)(C)C)c(=O)n1CC(C(=O)O)N(C(=O)OC(C)(C)C)C(=O)OC(C)(C)C. The van der Waals surface area contributed by atoms with Gasteiger partial charge >= 0.3 is 29.8 Å². The first kappa shape index (κ1) is 33.2. The van der Waals surface area contributed by atoms with Gasteiger partial charge < -0.3 is 19.3 Å². The van der Waals surface area contributed by atoms with E-state index in [0.29, 0.717) is 4.90 Å².